The van der Waals surface area contributed by atoms with Gasteiger partial charge in [-0.15, -0.1) is 0 Å². The molecule has 0 unspecified atom stereocenters. The highest BCUT2D eigenvalue weighted by molar-refractivity contribution is 8.18. The maximum Gasteiger partial charge on any atom is 0.325 e. The van der Waals surface area contributed by atoms with Crippen LogP contribution >= 0.6 is 11.8 Å². The number of hydrogen-bond acceptors (Lipinski definition) is 5. The van der Waals surface area contributed by atoms with Gasteiger partial charge < -0.3 is 4.74 Å². The Kier molecular flexibility index (Phi) is 5.03. The topological polar surface area (TPSA) is 63.7 Å². The Balaban J connectivity index is 2.17. The molecule has 0 bridgehead atoms. The Morgan fingerprint density at radius 3 is 2.45 bits per heavy atom. The number of methoxy groups -OCH3 is 1. The Labute approximate surface area is 133 Å². The summed E-state index contributed by atoms with van der Waals surface area (Å²) >= 11 is 0.830. The molecule has 0 atom stereocenters. The highest BCUT2D eigenvalue weighted by atomic mass is 32.2. The third kappa shape index (κ3) is 3.57. The number of imide groups is 1. The van der Waals surface area contributed by atoms with Gasteiger partial charge in [-0.25, -0.2) is 0 Å². The largest absolute Gasteiger partial charge is 0.468 e. The lowest BCUT2D eigenvalue weighted by Crippen LogP contribution is -2.34. The van der Waals surface area contributed by atoms with Crippen molar-refractivity contribution in [2.75, 3.05) is 13.7 Å². The molecule has 0 aliphatic carbocycles. The van der Waals surface area contributed by atoms with E-state index < -0.39 is 17.1 Å². The van der Waals surface area contributed by atoms with Gasteiger partial charge in [-0.2, -0.15) is 0 Å². The summed E-state index contributed by atoms with van der Waals surface area (Å²) in [5, 5.41) is -0.458. The Morgan fingerprint density at radius 1 is 1.27 bits per heavy atom. The first-order valence-electron chi connectivity index (χ1n) is 6.84. The molecule has 1 aliphatic rings. The molecule has 0 radical (unpaired) electrons. The van der Waals surface area contributed by atoms with Crippen LogP contribution in [0.2, 0.25) is 0 Å². The van der Waals surface area contributed by atoms with Gasteiger partial charge in [-0.1, -0.05) is 38.1 Å². The van der Waals surface area contributed by atoms with Gasteiger partial charge in [0.25, 0.3) is 11.1 Å². The van der Waals surface area contributed by atoms with Crippen molar-refractivity contribution in [3.8, 4) is 0 Å². The van der Waals surface area contributed by atoms with Gasteiger partial charge in [0.05, 0.1) is 12.0 Å². The third-order valence-electron chi connectivity index (χ3n) is 3.29. The summed E-state index contributed by atoms with van der Waals surface area (Å²) in [4.78, 5) is 36.4. The molecule has 1 aliphatic heterocycles. The van der Waals surface area contributed by atoms with Gasteiger partial charge >= 0.3 is 5.97 Å². The molecule has 1 saturated heterocycles. The van der Waals surface area contributed by atoms with Gasteiger partial charge in [0.15, 0.2) is 0 Å². The lowest BCUT2D eigenvalue weighted by atomic mass is 10.0. The van der Waals surface area contributed by atoms with Crippen LogP contribution in [0.1, 0.15) is 30.9 Å². The molecule has 2 amide bonds. The van der Waals surface area contributed by atoms with Crippen LogP contribution in [0.3, 0.4) is 0 Å². The van der Waals surface area contributed by atoms with E-state index in [1.165, 1.54) is 12.7 Å². The normalized spacial score (nSPS) is 16.7. The molecular weight excluding hydrogens is 302 g/mol. The number of carbonyl (C=O) groups is 3. The van der Waals surface area contributed by atoms with E-state index in [1.54, 1.807) is 6.08 Å². The second-order valence-corrected chi connectivity index (χ2v) is 6.16. The summed E-state index contributed by atoms with van der Waals surface area (Å²) in [7, 11) is 1.22. The molecule has 0 spiro atoms. The van der Waals surface area contributed by atoms with E-state index in [1.807, 2.05) is 24.3 Å². The predicted molar refractivity (Wildman–Crippen MR) is 85.2 cm³/mol. The van der Waals surface area contributed by atoms with Crippen LogP contribution in [-0.4, -0.2) is 35.7 Å². The van der Waals surface area contributed by atoms with Crippen molar-refractivity contribution in [1.29, 1.82) is 0 Å². The van der Waals surface area contributed by atoms with Crippen LogP contribution in [0.5, 0.6) is 0 Å². The molecule has 5 nitrogen and oxygen atoms in total. The molecule has 116 valence electrons. The van der Waals surface area contributed by atoms with Crippen LogP contribution in [0.15, 0.2) is 29.2 Å². The van der Waals surface area contributed by atoms with Gasteiger partial charge in [-0.3, -0.25) is 19.3 Å². The van der Waals surface area contributed by atoms with Crippen molar-refractivity contribution < 1.29 is 19.1 Å². The smallest absolute Gasteiger partial charge is 0.325 e. The van der Waals surface area contributed by atoms with Crippen LogP contribution in [0.4, 0.5) is 4.79 Å². The summed E-state index contributed by atoms with van der Waals surface area (Å²) in [5.41, 5.74) is 2.05. The molecule has 1 aromatic rings. The Bertz CT molecular complexity index is 634. The number of amides is 2. The summed E-state index contributed by atoms with van der Waals surface area (Å²) in [5.74, 6) is -0.653. The van der Waals surface area contributed by atoms with E-state index in [0.717, 1.165) is 22.2 Å². The molecule has 1 aromatic carbocycles. The fourth-order valence-corrected chi connectivity index (χ4v) is 2.80. The minimum Gasteiger partial charge on any atom is -0.468 e. The van der Waals surface area contributed by atoms with Crippen molar-refractivity contribution >= 4 is 35.0 Å². The fraction of sp³-hybridized carbons (Fsp3) is 0.312. The second kappa shape index (κ2) is 6.79. The van der Waals surface area contributed by atoms with Crippen molar-refractivity contribution in [1.82, 2.24) is 4.90 Å². The maximum atomic E-state index is 12.2. The molecule has 22 heavy (non-hydrogen) atoms. The highest BCUT2D eigenvalue weighted by Gasteiger charge is 2.36. The lowest BCUT2D eigenvalue weighted by molar-refractivity contribution is -0.143. The monoisotopic (exact) mass is 319 g/mol. The summed E-state index contributed by atoms with van der Waals surface area (Å²) in [6, 6.07) is 7.80. The number of ether oxygens (including phenoxy) is 1. The van der Waals surface area contributed by atoms with E-state index in [2.05, 4.69) is 18.6 Å². The number of hydrogen-bond donors (Lipinski definition) is 0. The highest BCUT2D eigenvalue weighted by Crippen LogP contribution is 2.32. The number of benzene rings is 1. The minimum atomic E-state index is -0.621. The Hall–Kier alpha value is -2.08. The zero-order valence-electron chi connectivity index (χ0n) is 12.7. The number of carbonyl (C=O) groups excluding carboxylic acids is 3. The lowest BCUT2D eigenvalue weighted by Gasteiger charge is -2.09. The van der Waals surface area contributed by atoms with Gasteiger partial charge in [0, 0.05) is 0 Å². The molecule has 0 aromatic heterocycles. The number of nitrogens with zero attached hydrogens (tertiary/aromatic N) is 1. The standard InChI is InChI=1S/C16H17NO4S/c1-10(2)12-6-4-11(5-7-12)8-13-15(19)17(16(20)22-13)9-14(18)21-3/h4-8,10H,9H2,1-3H3. The van der Waals surface area contributed by atoms with Crippen molar-refractivity contribution in [3.05, 3.63) is 40.3 Å². The van der Waals surface area contributed by atoms with Gasteiger partial charge in [0.1, 0.15) is 6.54 Å². The number of esters is 1. The summed E-state index contributed by atoms with van der Waals surface area (Å²) in [6.45, 7) is 3.85. The first kappa shape index (κ1) is 16.3. The average Bonchev–Trinajstić information content (AvgIpc) is 2.75. The molecule has 1 heterocycles. The van der Waals surface area contributed by atoms with Crippen LogP contribution in [-0.2, 0) is 14.3 Å². The first-order chi connectivity index (χ1) is 10.4. The van der Waals surface area contributed by atoms with Crippen molar-refractivity contribution in [3.63, 3.8) is 0 Å². The molecule has 1 fully saturated rings. The van der Waals surface area contributed by atoms with E-state index in [-0.39, 0.29) is 6.54 Å². The first-order valence-corrected chi connectivity index (χ1v) is 7.66. The van der Waals surface area contributed by atoms with Crippen LogP contribution in [0, 0.1) is 0 Å². The van der Waals surface area contributed by atoms with Crippen LogP contribution in [0.25, 0.3) is 6.08 Å². The molecule has 6 heteroatoms. The second-order valence-electron chi connectivity index (χ2n) is 5.17. The fourth-order valence-electron chi connectivity index (χ4n) is 1.96. The maximum absolute atomic E-state index is 12.2. The predicted octanol–water partition coefficient (Wildman–Crippen LogP) is 3.02. The van der Waals surface area contributed by atoms with E-state index in [9.17, 15) is 14.4 Å². The van der Waals surface area contributed by atoms with E-state index in [4.69, 9.17) is 0 Å². The average molecular weight is 319 g/mol. The summed E-state index contributed by atoms with van der Waals surface area (Å²) in [6.07, 6.45) is 1.66. The van der Waals surface area contributed by atoms with Gasteiger partial charge in [0.2, 0.25) is 0 Å². The number of thioether (sulfide) groups is 1. The van der Waals surface area contributed by atoms with Crippen LogP contribution < -0.4 is 0 Å². The van der Waals surface area contributed by atoms with Gasteiger partial charge in [-0.05, 0) is 34.9 Å². The van der Waals surface area contributed by atoms with Crippen molar-refractivity contribution in [2.24, 2.45) is 0 Å². The zero-order chi connectivity index (χ0) is 16.3. The van der Waals surface area contributed by atoms with Crippen molar-refractivity contribution in [2.45, 2.75) is 19.8 Å². The molecule has 2 rings (SSSR count). The quantitative estimate of drug-likeness (QED) is 0.630. The molecular formula is C16H17NO4S. The van der Waals surface area contributed by atoms with E-state index >= 15 is 0 Å². The number of rotatable bonds is 4. The third-order valence-corrected chi connectivity index (χ3v) is 4.20. The molecule has 0 N–H and O–H groups in total. The summed E-state index contributed by atoms with van der Waals surface area (Å²) < 4.78 is 4.48. The zero-order valence-corrected chi connectivity index (χ0v) is 13.5. The SMILES string of the molecule is COC(=O)CN1C(=O)SC(=Cc2ccc(C(C)C)cc2)C1=O. The minimum absolute atomic E-state index is 0.311. The Morgan fingerprint density at radius 2 is 1.91 bits per heavy atom. The molecule has 0 saturated carbocycles. The van der Waals surface area contributed by atoms with E-state index in [0.29, 0.717) is 10.8 Å².